The van der Waals surface area contributed by atoms with E-state index in [1.807, 2.05) is 0 Å². The van der Waals surface area contributed by atoms with Crippen LogP contribution in [0, 0.1) is 17.8 Å². The fraction of sp³-hybridized carbons (Fsp3) is 1.00. The van der Waals surface area contributed by atoms with Gasteiger partial charge in [-0.05, 0) is 30.6 Å². The molecular formula is C10H21KO. The van der Waals surface area contributed by atoms with Crippen molar-refractivity contribution in [2.24, 2.45) is 17.8 Å². The molecule has 0 heterocycles. The predicted molar refractivity (Wildman–Crippen MR) is 48.5 cm³/mol. The van der Waals surface area contributed by atoms with Crippen molar-refractivity contribution < 1.29 is 57.9 Å². The average molecular weight is 196 g/mol. The van der Waals surface area contributed by atoms with E-state index in [1.54, 1.807) is 0 Å². The van der Waals surface area contributed by atoms with Crippen LogP contribution in [-0.4, -0.2) is 11.2 Å². The Hall–Kier alpha value is 1.60. The van der Waals surface area contributed by atoms with Gasteiger partial charge < -0.3 is 6.53 Å². The summed E-state index contributed by atoms with van der Waals surface area (Å²) < 4.78 is 0. The molecule has 0 saturated heterocycles. The van der Waals surface area contributed by atoms with Gasteiger partial charge in [0.05, 0.1) is 6.10 Å². The van der Waals surface area contributed by atoms with Gasteiger partial charge in [0.15, 0.2) is 0 Å². The molecule has 0 aliphatic heterocycles. The third-order valence-electron chi connectivity index (χ3n) is 2.99. The minimum Gasteiger partial charge on any atom is -1.00 e. The normalized spacial score (nSPS) is 36.2. The molecule has 1 nitrogen and oxygen atoms in total. The van der Waals surface area contributed by atoms with Gasteiger partial charge in [0.2, 0.25) is 0 Å². The van der Waals surface area contributed by atoms with E-state index in [-0.39, 0.29) is 58.9 Å². The molecule has 1 fully saturated rings. The van der Waals surface area contributed by atoms with Crippen molar-refractivity contribution in [3.8, 4) is 0 Å². The summed E-state index contributed by atoms with van der Waals surface area (Å²) in [7, 11) is 0. The van der Waals surface area contributed by atoms with Crippen molar-refractivity contribution in [2.75, 3.05) is 0 Å². The van der Waals surface area contributed by atoms with Crippen LogP contribution >= 0.6 is 0 Å². The number of aliphatic hydroxyl groups is 1. The average Bonchev–Trinajstić information content (AvgIpc) is 1.85. The molecule has 1 aliphatic carbocycles. The van der Waals surface area contributed by atoms with Crippen LogP contribution in [0.1, 0.15) is 41.5 Å². The maximum absolute atomic E-state index is 9.71. The van der Waals surface area contributed by atoms with Crippen molar-refractivity contribution in [1.82, 2.24) is 0 Å². The topological polar surface area (TPSA) is 20.2 Å². The summed E-state index contributed by atoms with van der Waals surface area (Å²) in [6, 6.07) is 0. The standard InChI is InChI=1S/C10H20O.K.H/c1-7(2)9-5-4-8(3)6-10(9)11;;/h7-11H,4-6H2,1-3H3;;/q;+1;-1/t8-,9+,10-;;/m1../s1. The molecule has 1 aliphatic rings. The van der Waals surface area contributed by atoms with Crippen molar-refractivity contribution in [2.45, 2.75) is 46.1 Å². The van der Waals surface area contributed by atoms with Crippen molar-refractivity contribution in [3.05, 3.63) is 0 Å². The Bertz CT molecular complexity index is 130. The molecule has 68 valence electrons. The molecule has 1 N–H and O–H groups in total. The van der Waals surface area contributed by atoms with Crippen LogP contribution in [0.3, 0.4) is 0 Å². The largest absolute Gasteiger partial charge is 1.00 e. The molecule has 3 atom stereocenters. The Kier molecular flexibility index (Phi) is 6.97. The smallest absolute Gasteiger partial charge is 1.00 e. The van der Waals surface area contributed by atoms with E-state index in [1.165, 1.54) is 12.8 Å². The molecule has 0 bridgehead atoms. The summed E-state index contributed by atoms with van der Waals surface area (Å²) in [5.41, 5.74) is 0. The summed E-state index contributed by atoms with van der Waals surface area (Å²) in [6.45, 7) is 6.66. The van der Waals surface area contributed by atoms with Gasteiger partial charge in [-0.3, -0.25) is 0 Å². The van der Waals surface area contributed by atoms with E-state index < -0.39 is 0 Å². The summed E-state index contributed by atoms with van der Waals surface area (Å²) in [6.07, 6.45) is 3.52. The summed E-state index contributed by atoms with van der Waals surface area (Å²) in [5, 5.41) is 9.71. The zero-order valence-electron chi connectivity index (χ0n) is 9.88. The van der Waals surface area contributed by atoms with Gasteiger partial charge >= 0.3 is 51.4 Å². The minimum atomic E-state index is -0.0289. The first-order valence-electron chi connectivity index (χ1n) is 4.79. The maximum Gasteiger partial charge on any atom is 1.00 e. The Morgan fingerprint density at radius 1 is 1.33 bits per heavy atom. The molecule has 0 radical (unpaired) electrons. The van der Waals surface area contributed by atoms with Crippen LogP contribution in [0.15, 0.2) is 0 Å². The van der Waals surface area contributed by atoms with Crippen LogP contribution in [-0.2, 0) is 0 Å². The van der Waals surface area contributed by atoms with Crippen molar-refractivity contribution in [1.29, 1.82) is 0 Å². The Balaban J connectivity index is 0. The van der Waals surface area contributed by atoms with E-state index in [0.717, 1.165) is 12.3 Å². The first kappa shape index (κ1) is 13.6. The molecule has 0 amide bonds. The van der Waals surface area contributed by atoms with E-state index in [9.17, 15) is 5.11 Å². The van der Waals surface area contributed by atoms with Crippen LogP contribution < -0.4 is 51.4 Å². The molecule has 1 rings (SSSR count). The van der Waals surface area contributed by atoms with E-state index in [4.69, 9.17) is 0 Å². The van der Waals surface area contributed by atoms with Gasteiger partial charge in [0, 0.05) is 0 Å². The number of hydrogen-bond donors (Lipinski definition) is 1. The zero-order chi connectivity index (χ0) is 8.43. The van der Waals surface area contributed by atoms with Gasteiger partial charge in [-0.2, -0.15) is 0 Å². The molecule has 0 aromatic heterocycles. The summed E-state index contributed by atoms with van der Waals surface area (Å²) in [4.78, 5) is 0. The fourth-order valence-electron chi connectivity index (χ4n) is 2.15. The van der Waals surface area contributed by atoms with Gasteiger partial charge in [-0.15, -0.1) is 0 Å². The van der Waals surface area contributed by atoms with Gasteiger partial charge in [-0.25, -0.2) is 0 Å². The fourth-order valence-corrected chi connectivity index (χ4v) is 2.15. The second-order valence-corrected chi connectivity index (χ2v) is 4.39. The summed E-state index contributed by atoms with van der Waals surface area (Å²) >= 11 is 0. The van der Waals surface area contributed by atoms with Gasteiger partial charge in [-0.1, -0.05) is 27.2 Å². The SMILES string of the molecule is CC(C)[C@@H]1CC[C@@H](C)C[C@H]1O.[H-].[K+]. The molecule has 12 heavy (non-hydrogen) atoms. The molecule has 0 unspecified atom stereocenters. The first-order chi connectivity index (χ1) is 5.11. The Labute approximate surface area is 120 Å². The Morgan fingerprint density at radius 2 is 1.92 bits per heavy atom. The molecular weight excluding hydrogens is 175 g/mol. The minimum absolute atomic E-state index is 0. The van der Waals surface area contributed by atoms with E-state index in [2.05, 4.69) is 20.8 Å². The van der Waals surface area contributed by atoms with Crippen LogP contribution in [0.5, 0.6) is 0 Å². The van der Waals surface area contributed by atoms with Gasteiger partial charge in [0.1, 0.15) is 0 Å². The monoisotopic (exact) mass is 196 g/mol. The molecule has 1 saturated carbocycles. The number of rotatable bonds is 1. The molecule has 0 aromatic carbocycles. The second-order valence-electron chi connectivity index (χ2n) is 4.39. The van der Waals surface area contributed by atoms with Crippen LogP contribution in [0.4, 0.5) is 0 Å². The van der Waals surface area contributed by atoms with Crippen LogP contribution in [0.2, 0.25) is 0 Å². The zero-order valence-corrected chi connectivity index (χ0v) is 12.0. The molecule has 0 spiro atoms. The molecule has 0 aromatic rings. The van der Waals surface area contributed by atoms with Crippen molar-refractivity contribution >= 4 is 0 Å². The first-order valence-corrected chi connectivity index (χ1v) is 4.79. The quantitative estimate of drug-likeness (QED) is 0.564. The van der Waals surface area contributed by atoms with E-state index >= 15 is 0 Å². The molecule has 2 heteroatoms. The van der Waals surface area contributed by atoms with Gasteiger partial charge in [0.25, 0.3) is 0 Å². The maximum atomic E-state index is 9.71. The summed E-state index contributed by atoms with van der Waals surface area (Å²) in [5.74, 6) is 1.95. The predicted octanol–water partition coefficient (Wildman–Crippen LogP) is -0.444. The van der Waals surface area contributed by atoms with Crippen molar-refractivity contribution in [3.63, 3.8) is 0 Å². The van der Waals surface area contributed by atoms with E-state index in [0.29, 0.717) is 11.8 Å². The third kappa shape index (κ3) is 3.77. The second kappa shape index (κ2) is 6.15. The van der Waals surface area contributed by atoms with Crippen LogP contribution in [0.25, 0.3) is 0 Å². The Morgan fingerprint density at radius 3 is 2.33 bits per heavy atom. The number of hydrogen-bond acceptors (Lipinski definition) is 1. The third-order valence-corrected chi connectivity index (χ3v) is 2.99. The number of aliphatic hydroxyl groups excluding tert-OH is 1.